The number of hydrogen-bond acceptors (Lipinski definition) is 5. The highest BCUT2D eigenvalue weighted by Crippen LogP contribution is 2.28. The Kier molecular flexibility index (Phi) is 3.25. The number of esters is 1. The van der Waals surface area contributed by atoms with E-state index in [9.17, 15) is 9.59 Å². The van der Waals surface area contributed by atoms with Crippen LogP contribution < -0.4 is 10.4 Å². The molecule has 0 spiro atoms. The molecular formula is C12H9ClO5. The maximum atomic E-state index is 11.7. The monoisotopic (exact) mass is 268 g/mol. The molecule has 0 amide bonds. The second-order valence-electron chi connectivity index (χ2n) is 3.44. The van der Waals surface area contributed by atoms with Gasteiger partial charge in [0.1, 0.15) is 5.56 Å². The molecule has 1 heterocycles. The Morgan fingerprint density at radius 1 is 1.28 bits per heavy atom. The third-order valence-electron chi connectivity index (χ3n) is 2.44. The van der Waals surface area contributed by atoms with Gasteiger partial charge in [0, 0.05) is 10.4 Å². The second-order valence-corrected chi connectivity index (χ2v) is 3.87. The van der Waals surface area contributed by atoms with Crippen molar-refractivity contribution in [2.24, 2.45) is 0 Å². The first-order chi connectivity index (χ1) is 8.58. The van der Waals surface area contributed by atoms with E-state index in [1.807, 2.05) is 0 Å². The zero-order chi connectivity index (χ0) is 13.3. The van der Waals surface area contributed by atoms with Gasteiger partial charge in [0.25, 0.3) is 0 Å². The highest BCUT2D eigenvalue weighted by Gasteiger charge is 2.21. The minimum absolute atomic E-state index is 0.0390. The van der Waals surface area contributed by atoms with Crippen LogP contribution in [0.1, 0.15) is 10.4 Å². The topological polar surface area (TPSA) is 65.7 Å². The van der Waals surface area contributed by atoms with Crippen molar-refractivity contribution in [1.29, 1.82) is 0 Å². The van der Waals surface area contributed by atoms with Gasteiger partial charge in [-0.3, -0.25) is 0 Å². The minimum Gasteiger partial charge on any atom is -0.468 e. The minimum atomic E-state index is -0.664. The van der Waals surface area contributed by atoms with Gasteiger partial charge in [0.15, 0.2) is 0 Å². The molecule has 2 aromatic rings. The molecule has 94 valence electrons. The summed E-state index contributed by atoms with van der Waals surface area (Å²) >= 11 is 5.86. The van der Waals surface area contributed by atoms with E-state index in [0.29, 0.717) is 10.4 Å². The van der Waals surface area contributed by atoms with E-state index in [-0.39, 0.29) is 16.9 Å². The number of methoxy groups -OCH3 is 2. The van der Waals surface area contributed by atoms with Crippen LogP contribution >= 0.6 is 11.6 Å². The summed E-state index contributed by atoms with van der Waals surface area (Å²) in [6.45, 7) is 0. The van der Waals surface area contributed by atoms with Crippen molar-refractivity contribution in [3.8, 4) is 5.95 Å². The summed E-state index contributed by atoms with van der Waals surface area (Å²) in [5, 5.41) is 0.961. The van der Waals surface area contributed by atoms with Gasteiger partial charge in [-0.15, -0.1) is 0 Å². The molecule has 0 aliphatic rings. The summed E-state index contributed by atoms with van der Waals surface area (Å²) in [4.78, 5) is 23.4. The number of hydrogen-bond donors (Lipinski definition) is 0. The van der Waals surface area contributed by atoms with Crippen LogP contribution in [-0.2, 0) is 4.74 Å². The van der Waals surface area contributed by atoms with E-state index < -0.39 is 11.6 Å². The van der Waals surface area contributed by atoms with E-state index in [1.54, 1.807) is 0 Å². The molecular weight excluding hydrogens is 260 g/mol. The first-order valence-electron chi connectivity index (χ1n) is 4.97. The van der Waals surface area contributed by atoms with Crippen molar-refractivity contribution in [2.45, 2.75) is 0 Å². The molecule has 1 aromatic heterocycles. The van der Waals surface area contributed by atoms with Gasteiger partial charge in [0.05, 0.1) is 19.6 Å². The van der Waals surface area contributed by atoms with E-state index in [1.165, 1.54) is 32.4 Å². The Hall–Kier alpha value is -2.01. The molecule has 0 unspecified atom stereocenters. The Labute approximate surface area is 107 Å². The number of carbonyl (C=O) groups excluding carboxylic acids is 1. The summed E-state index contributed by atoms with van der Waals surface area (Å²) < 4.78 is 14.4. The van der Waals surface area contributed by atoms with Crippen LogP contribution in [0.4, 0.5) is 0 Å². The number of halogens is 1. The SMILES string of the molecule is COC(=O)c1c(OC)oc(=O)c2ccc(Cl)cc12. The van der Waals surface area contributed by atoms with E-state index in [0.717, 1.165) is 0 Å². The largest absolute Gasteiger partial charge is 0.468 e. The van der Waals surface area contributed by atoms with E-state index >= 15 is 0 Å². The van der Waals surface area contributed by atoms with Crippen LogP contribution in [0.2, 0.25) is 5.02 Å². The molecule has 2 rings (SSSR count). The standard InChI is InChI=1S/C12H9ClO5/c1-16-11(15)9-8-5-6(13)3-4-7(8)10(14)18-12(9)17-2/h3-5H,1-2H3. The normalized spacial score (nSPS) is 10.4. The summed E-state index contributed by atoms with van der Waals surface area (Å²) in [6.07, 6.45) is 0. The van der Waals surface area contributed by atoms with Crippen LogP contribution in [0, 0.1) is 0 Å². The van der Waals surface area contributed by atoms with Crippen LogP contribution in [0.25, 0.3) is 10.8 Å². The fraction of sp³-hybridized carbons (Fsp3) is 0.167. The molecule has 18 heavy (non-hydrogen) atoms. The lowest BCUT2D eigenvalue weighted by Gasteiger charge is -2.08. The second kappa shape index (κ2) is 4.70. The molecule has 0 saturated heterocycles. The van der Waals surface area contributed by atoms with Crippen molar-refractivity contribution >= 4 is 28.3 Å². The quantitative estimate of drug-likeness (QED) is 0.782. The van der Waals surface area contributed by atoms with Crippen molar-refractivity contribution in [3.05, 3.63) is 39.2 Å². The molecule has 5 nitrogen and oxygen atoms in total. The lowest BCUT2D eigenvalue weighted by molar-refractivity contribution is 0.0593. The van der Waals surface area contributed by atoms with Crippen molar-refractivity contribution in [2.75, 3.05) is 14.2 Å². The molecule has 0 saturated carbocycles. The number of ether oxygens (including phenoxy) is 2. The van der Waals surface area contributed by atoms with Gasteiger partial charge >= 0.3 is 17.5 Å². The first kappa shape index (κ1) is 12.4. The third-order valence-corrected chi connectivity index (χ3v) is 2.67. The van der Waals surface area contributed by atoms with Gasteiger partial charge in [-0.1, -0.05) is 11.6 Å². The number of rotatable bonds is 2. The number of fused-ring (bicyclic) bond motifs is 1. The highest BCUT2D eigenvalue weighted by atomic mass is 35.5. The molecule has 6 heteroatoms. The van der Waals surface area contributed by atoms with E-state index in [4.69, 9.17) is 20.8 Å². The lowest BCUT2D eigenvalue weighted by atomic mass is 10.1. The predicted molar refractivity (Wildman–Crippen MR) is 65.4 cm³/mol. The van der Waals surface area contributed by atoms with Gasteiger partial charge in [-0.05, 0) is 18.2 Å². The number of carbonyl (C=O) groups is 1. The van der Waals surface area contributed by atoms with Gasteiger partial charge in [-0.25, -0.2) is 9.59 Å². The fourth-order valence-electron chi connectivity index (χ4n) is 1.64. The number of benzene rings is 1. The maximum Gasteiger partial charge on any atom is 0.346 e. The molecule has 0 fully saturated rings. The summed E-state index contributed by atoms with van der Waals surface area (Å²) in [5.41, 5.74) is -0.566. The van der Waals surface area contributed by atoms with Crippen LogP contribution in [0.5, 0.6) is 5.95 Å². The maximum absolute atomic E-state index is 11.7. The zero-order valence-corrected chi connectivity index (χ0v) is 10.4. The smallest absolute Gasteiger partial charge is 0.346 e. The van der Waals surface area contributed by atoms with Crippen LogP contribution in [0.15, 0.2) is 27.4 Å². The Bertz CT molecular complexity index is 674. The average molecular weight is 269 g/mol. The summed E-state index contributed by atoms with van der Waals surface area (Å²) in [6, 6.07) is 4.51. The molecule has 0 aliphatic carbocycles. The summed E-state index contributed by atoms with van der Waals surface area (Å²) in [7, 11) is 2.52. The molecule has 0 atom stereocenters. The molecule has 0 bridgehead atoms. The Morgan fingerprint density at radius 2 is 2.00 bits per heavy atom. The van der Waals surface area contributed by atoms with Crippen molar-refractivity contribution in [3.63, 3.8) is 0 Å². The van der Waals surface area contributed by atoms with Crippen LogP contribution in [0.3, 0.4) is 0 Å². The predicted octanol–water partition coefficient (Wildman–Crippen LogP) is 2.24. The van der Waals surface area contributed by atoms with Crippen molar-refractivity contribution < 1.29 is 18.7 Å². The Balaban J connectivity index is 2.94. The fourth-order valence-corrected chi connectivity index (χ4v) is 1.81. The third kappa shape index (κ3) is 1.93. The van der Waals surface area contributed by atoms with E-state index in [2.05, 4.69) is 4.74 Å². The highest BCUT2D eigenvalue weighted by molar-refractivity contribution is 6.31. The van der Waals surface area contributed by atoms with Gasteiger partial charge < -0.3 is 13.9 Å². The van der Waals surface area contributed by atoms with Gasteiger partial charge in [-0.2, -0.15) is 0 Å². The molecule has 0 aliphatic heterocycles. The van der Waals surface area contributed by atoms with Gasteiger partial charge in [0.2, 0.25) is 0 Å². The molecule has 0 N–H and O–H groups in total. The Morgan fingerprint density at radius 3 is 2.61 bits per heavy atom. The first-order valence-corrected chi connectivity index (χ1v) is 5.35. The molecule has 1 aromatic carbocycles. The van der Waals surface area contributed by atoms with Crippen molar-refractivity contribution in [1.82, 2.24) is 0 Å². The lowest BCUT2D eigenvalue weighted by Crippen LogP contribution is -2.10. The zero-order valence-electron chi connectivity index (χ0n) is 9.65. The van der Waals surface area contributed by atoms with Crippen LogP contribution in [-0.4, -0.2) is 20.2 Å². The average Bonchev–Trinajstić information content (AvgIpc) is 2.37. The summed E-state index contributed by atoms with van der Waals surface area (Å²) in [5.74, 6) is -0.857. The molecule has 0 radical (unpaired) electrons.